The molecule has 0 spiro atoms. The number of nitrogens with one attached hydrogen (secondary N) is 3. The molecule has 1 aromatic rings. The molecule has 1 aromatic carbocycles. The topological polar surface area (TPSA) is 70.2 Å². The van der Waals surface area contributed by atoms with Crippen molar-refractivity contribution in [2.24, 2.45) is 0 Å². The van der Waals surface area contributed by atoms with E-state index >= 15 is 0 Å². The molecule has 3 N–H and O–H groups in total. The molecule has 0 bridgehead atoms. The van der Waals surface area contributed by atoms with E-state index in [-0.39, 0.29) is 17.9 Å². The maximum absolute atomic E-state index is 11.6. The summed E-state index contributed by atoms with van der Waals surface area (Å²) in [5, 5.41) is 8.81. The average molecular weight is 277 g/mol. The largest absolute Gasteiger partial charge is 0.384 e. The van der Waals surface area contributed by atoms with Crippen LogP contribution in [-0.2, 0) is 9.59 Å². The molecule has 1 rings (SSSR count). The van der Waals surface area contributed by atoms with Crippen LogP contribution in [0.25, 0.3) is 0 Å². The van der Waals surface area contributed by atoms with E-state index in [1.165, 1.54) is 6.92 Å². The quantitative estimate of drug-likeness (QED) is 0.716. The number of carbonyl (C=O) groups excluding carboxylic acids is 2. The SMILES string of the molecule is CCC(C)NC(=O)CCNc1cccc(NC(C)=O)c1. The predicted molar refractivity (Wildman–Crippen MR) is 81.7 cm³/mol. The lowest BCUT2D eigenvalue weighted by Gasteiger charge is -2.12. The lowest BCUT2D eigenvalue weighted by Crippen LogP contribution is -2.32. The number of hydrogen-bond acceptors (Lipinski definition) is 3. The van der Waals surface area contributed by atoms with Gasteiger partial charge in [0.15, 0.2) is 0 Å². The first kappa shape index (κ1) is 16.0. The second-order valence-corrected chi connectivity index (χ2v) is 4.82. The Labute approximate surface area is 120 Å². The van der Waals surface area contributed by atoms with E-state index in [2.05, 4.69) is 16.0 Å². The van der Waals surface area contributed by atoms with E-state index in [9.17, 15) is 9.59 Å². The van der Waals surface area contributed by atoms with Gasteiger partial charge < -0.3 is 16.0 Å². The molecule has 0 heterocycles. The van der Waals surface area contributed by atoms with Crippen LogP contribution in [0.3, 0.4) is 0 Å². The maximum atomic E-state index is 11.6. The zero-order valence-corrected chi connectivity index (χ0v) is 12.3. The molecule has 0 aliphatic carbocycles. The Morgan fingerprint density at radius 2 is 1.95 bits per heavy atom. The molecule has 5 nitrogen and oxygen atoms in total. The number of rotatable bonds is 7. The summed E-state index contributed by atoms with van der Waals surface area (Å²) in [6.07, 6.45) is 1.35. The van der Waals surface area contributed by atoms with Gasteiger partial charge in [-0.1, -0.05) is 13.0 Å². The van der Waals surface area contributed by atoms with Crippen LogP contribution in [0.2, 0.25) is 0 Å². The van der Waals surface area contributed by atoms with Crippen LogP contribution in [-0.4, -0.2) is 24.4 Å². The summed E-state index contributed by atoms with van der Waals surface area (Å²) in [5.41, 5.74) is 1.62. The molecule has 5 heteroatoms. The maximum Gasteiger partial charge on any atom is 0.221 e. The first-order chi connectivity index (χ1) is 9.51. The highest BCUT2D eigenvalue weighted by Gasteiger charge is 2.05. The fraction of sp³-hybridized carbons (Fsp3) is 0.467. The van der Waals surface area contributed by atoms with E-state index in [4.69, 9.17) is 0 Å². The molecular formula is C15H23N3O2. The molecular weight excluding hydrogens is 254 g/mol. The molecule has 110 valence electrons. The Kier molecular flexibility index (Phi) is 6.56. The van der Waals surface area contributed by atoms with Gasteiger partial charge in [0.25, 0.3) is 0 Å². The Balaban J connectivity index is 2.38. The fourth-order valence-electron chi connectivity index (χ4n) is 1.68. The molecule has 0 aliphatic rings. The van der Waals surface area contributed by atoms with E-state index < -0.39 is 0 Å². The Bertz CT molecular complexity index is 460. The van der Waals surface area contributed by atoms with Crippen LogP contribution in [0.1, 0.15) is 33.6 Å². The lowest BCUT2D eigenvalue weighted by atomic mass is 10.2. The average Bonchev–Trinajstić information content (AvgIpc) is 2.38. The molecule has 0 fully saturated rings. The second-order valence-electron chi connectivity index (χ2n) is 4.82. The van der Waals surface area contributed by atoms with Crippen LogP contribution in [0, 0.1) is 0 Å². The highest BCUT2D eigenvalue weighted by Crippen LogP contribution is 2.14. The third-order valence-corrected chi connectivity index (χ3v) is 2.88. The van der Waals surface area contributed by atoms with Gasteiger partial charge in [-0.15, -0.1) is 0 Å². The highest BCUT2D eigenvalue weighted by molar-refractivity contribution is 5.89. The molecule has 0 saturated carbocycles. The summed E-state index contributed by atoms with van der Waals surface area (Å²) in [5.74, 6) is -0.0556. The van der Waals surface area contributed by atoms with Crippen molar-refractivity contribution in [2.45, 2.75) is 39.7 Å². The predicted octanol–water partition coefficient (Wildman–Crippen LogP) is 2.36. The number of hydrogen-bond donors (Lipinski definition) is 3. The molecule has 0 aliphatic heterocycles. The van der Waals surface area contributed by atoms with Gasteiger partial charge in [0, 0.05) is 37.3 Å². The van der Waals surface area contributed by atoms with Crippen molar-refractivity contribution in [2.75, 3.05) is 17.2 Å². The van der Waals surface area contributed by atoms with Gasteiger partial charge in [0.2, 0.25) is 11.8 Å². The van der Waals surface area contributed by atoms with Crippen molar-refractivity contribution in [3.63, 3.8) is 0 Å². The van der Waals surface area contributed by atoms with E-state index in [1.54, 1.807) is 0 Å². The number of carbonyl (C=O) groups is 2. The first-order valence-corrected chi connectivity index (χ1v) is 6.92. The van der Waals surface area contributed by atoms with Crippen molar-refractivity contribution in [3.8, 4) is 0 Å². The number of amides is 2. The summed E-state index contributed by atoms with van der Waals surface area (Å²) in [4.78, 5) is 22.6. The summed E-state index contributed by atoms with van der Waals surface area (Å²) in [6.45, 7) is 6.06. The van der Waals surface area contributed by atoms with Crippen molar-refractivity contribution in [1.82, 2.24) is 5.32 Å². The smallest absolute Gasteiger partial charge is 0.221 e. The highest BCUT2D eigenvalue weighted by atomic mass is 16.2. The van der Waals surface area contributed by atoms with E-state index in [1.807, 2.05) is 38.1 Å². The minimum Gasteiger partial charge on any atom is -0.384 e. The van der Waals surface area contributed by atoms with Crippen LogP contribution >= 0.6 is 0 Å². The lowest BCUT2D eigenvalue weighted by molar-refractivity contribution is -0.121. The third kappa shape index (κ3) is 6.22. The molecule has 0 radical (unpaired) electrons. The first-order valence-electron chi connectivity index (χ1n) is 6.92. The zero-order chi connectivity index (χ0) is 15.0. The van der Waals surface area contributed by atoms with Gasteiger partial charge in [-0.05, 0) is 31.5 Å². The summed E-state index contributed by atoms with van der Waals surface area (Å²) in [6, 6.07) is 7.63. The van der Waals surface area contributed by atoms with Gasteiger partial charge >= 0.3 is 0 Å². The second kappa shape index (κ2) is 8.19. The van der Waals surface area contributed by atoms with E-state index in [0.29, 0.717) is 13.0 Å². The molecule has 0 saturated heterocycles. The van der Waals surface area contributed by atoms with E-state index in [0.717, 1.165) is 17.8 Å². The monoisotopic (exact) mass is 277 g/mol. The summed E-state index contributed by atoms with van der Waals surface area (Å²) in [7, 11) is 0. The van der Waals surface area contributed by atoms with Gasteiger partial charge in [-0.3, -0.25) is 9.59 Å². The van der Waals surface area contributed by atoms with Crippen LogP contribution in [0.4, 0.5) is 11.4 Å². The van der Waals surface area contributed by atoms with Gasteiger partial charge in [-0.2, -0.15) is 0 Å². The third-order valence-electron chi connectivity index (χ3n) is 2.88. The molecule has 1 unspecified atom stereocenters. The summed E-state index contributed by atoms with van der Waals surface area (Å²) < 4.78 is 0. The number of benzene rings is 1. The van der Waals surface area contributed by atoms with Gasteiger partial charge in [0.1, 0.15) is 0 Å². The summed E-state index contributed by atoms with van der Waals surface area (Å²) >= 11 is 0. The van der Waals surface area contributed by atoms with Gasteiger partial charge in [0.05, 0.1) is 0 Å². The molecule has 0 aromatic heterocycles. The Morgan fingerprint density at radius 1 is 1.25 bits per heavy atom. The van der Waals surface area contributed by atoms with Gasteiger partial charge in [-0.25, -0.2) is 0 Å². The Morgan fingerprint density at radius 3 is 2.60 bits per heavy atom. The molecule has 20 heavy (non-hydrogen) atoms. The minimum absolute atomic E-state index is 0.0462. The standard InChI is InChI=1S/C15H23N3O2/c1-4-11(2)17-15(20)8-9-16-13-6-5-7-14(10-13)18-12(3)19/h5-7,10-11,16H,4,8-9H2,1-3H3,(H,17,20)(H,18,19). The zero-order valence-electron chi connectivity index (χ0n) is 12.3. The van der Waals surface area contributed by atoms with Crippen molar-refractivity contribution in [1.29, 1.82) is 0 Å². The van der Waals surface area contributed by atoms with Crippen molar-refractivity contribution in [3.05, 3.63) is 24.3 Å². The Hall–Kier alpha value is -2.04. The molecule has 1 atom stereocenters. The minimum atomic E-state index is -0.102. The fourth-order valence-corrected chi connectivity index (χ4v) is 1.68. The van der Waals surface area contributed by atoms with Crippen LogP contribution in [0.5, 0.6) is 0 Å². The van der Waals surface area contributed by atoms with Crippen molar-refractivity contribution < 1.29 is 9.59 Å². The van der Waals surface area contributed by atoms with Crippen molar-refractivity contribution >= 4 is 23.2 Å². The molecule has 2 amide bonds. The van der Waals surface area contributed by atoms with Crippen LogP contribution in [0.15, 0.2) is 24.3 Å². The normalized spacial score (nSPS) is 11.6. The van der Waals surface area contributed by atoms with Crippen LogP contribution < -0.4 is 16.0 Å². The number of anilines is 2.